The number of sulfonamides is 1. The molecular weight excluding hydrogens is 558 g/mol. The quantitative estimate of drug-likeness (QED) is 0.243. The molecule has 5 rings (SSSR count). The molecular formula is C28H31ClF2N6O2S. The van der Waals surface area contributed by atoms with Crippen molar-refractivity contribution in [3.05, 3.63) is 64.3 Å². The summed E-state index contributed by atoms with van der Waals surface area (Å²) in [6.07, 6.45) is 5.26. The van der Waals surface area contributed by atoms with Gasteiger partial charge in [-0.25, -0.2) is 22.2 Å². The van der Waals surface area contributed by atoms with Crippen LogP contribution in [-0.2, 0) is 10.0 Å². The van der Waals surface area contributed by atoms with Crippen LogP contribution in [0.25, 0.3) is 22.2 Å². The molecule has 2 aromatic heterocycles. The molecule has 0 radical (unpaired) electrons. The number of aromatic nitrogens is 3. The van der Waals surface area contributed by atoms with Gasteiger partial charge in [0, 0.05) is 29.9 Å². The number of anilines is 2. The minimum absolute atomic E-state index is 0.0416. The van der Waals surface area contributed by atoms with E-state index in [4.69, 9.17) is 23.1 Å². The third kappa shape index (κ3) is 5.13. The fourth-order valence-corrected chi connectivity index (χ4v) is 6.98. The van der Waals surface area contributed by atoms with E-state index in [1.807, 2.05) is 13.8 Å². The Morgan fingerprint density at radius 1 is 1.10 bits per heavy atom. The number of nitrogen functional groups attached to an aromatic ring is 1. The van der Waals surface area contributed by atoms with Crippen molar-refractivity contribution in [3.8, 4) is 11.3 Å². The maximum atomic E-state index is 15.7. The Hall–Kier alpha value is -3.28. The van der Waals surface area contributed by atoms with Gasteiger partial charge in [0.25, 0.3) is 10.0 Å². The third-order valence-electron chi connectivity index (χ3n) is 7.42. The molecule has 5 N–H and O–H groups in total. The lowest BCUT2D eigenvalue weighted by atomic mass is 9.82. The van der Waals surface area contributed by atoms with E-state index in [1.165, 1.54) is 12.1 Å². The summed E-state index contributed by atoms with van der Waals surface area (Å²) in [6, 6.07) is 6.19. The van der Waals surface area contributed by atoms with Gasteiger partial charge in [0.15, 0.2) is 0 Å². The lowest BCUT2D eigenvalue weighted by Gasteiger charge is -2.27. The molecule has 0 saturated heterocycles. The van der Waals surface area contributed by atoms with Crippen LogP contribution in [0.2, 0.25) is 5.02 Å². The van der Waals surface area contributed by atoms with Crippen LogP contribution in [0.15, 0.2) is 41.4 Å². The zero-order valence-corrected chi connectivity index (χ0v) is 24.0. The van der Waals surface area contributed by atoms with E-state index in [2.05, 4.69) is 14.8 Å². The molecule has 0 atom stereocenters. The van der Waals surface area contributed by atoms with Gasteiger partial charge < -0.3 is 11.5 Å². The predicted molar refractivity (Wildman–Crippen MR) is 154 cm³/mol. The van der Waals surface area contributed by atoms with Crippen molar-refractivity contribution in [1.29, 1.82) is 0 Å². The second kappa shape index (κ2) is 10.6. The summed E-state index contributed by atoms with van der Waals surface area (Å²) in [7, 11) is -4.30. The summed E-state index contributed by atoms with van der Waals surface area (Å²) < 4.78 is 60.9. The number of halogens is 3. The molecule has 2 aromatic carbocycles. The zero-order chi connectivity index (χ0) is 28.9. The minimum Gasteiger partial charge on any atom is -0.383 e. The zero-order valence-electron chi connectivity index (χ0n) is 22.4. The molecule has 2 heterocycles. The van der Waals surface area contributed by atoms with Crippen molar-refractivity contribution >= 4 is 44.0 Å². The Balaban J connectivity index is 1.61. The fraction of sp³-hybridized carbons (Fsp3) is 0.357. The van der Waals surface area contributed by atoms with Crippen LogP contribution in [0, 0.1) is 18.6 Å². The van der Waals surface area contributed by atoms with Crippen LogP contribution in [0.3, 0.4) is 0 Å². The van der Waals surface area contributed by atoms with E-state index in [9.17, 15) is 8.42 Å². The van der Waals surface area contributed by atoms with Gasteiger partial charge in [0.2, 0.25) is 0 Å². The van der Waals surface area contributed by atoms with Gasteiger partial charge >= 0.3 is 0 Å². The monoisotopic (exact) mass is 588 g/mol. The van der Waals surface area contributed by atoms with Gasteiger partial charge in [-0.3, -0.25) is 9.40 Å². The first-order chi connectivity index (χ1) is 18.9. The standard InChI is InChI=1S/C28H31ClF2N6O2S/c1-14(2)37-27-19(16-5-7-17(32)8-6-16)13-34-28(33)25(27)26(35-37)18-11-22(31)23(12-21(18)30)36-40(38,39)24-10-15(3)4-9-20(24)29/h4,9-14,16-17,36H,5-8,32H2,1-3H3,(H2,33,34). The second-order valence-electron chi connectivity index (χ2n) is 10.7. The molecule has 8 nitrogen and oxygen atoms in total. The number of benzene rings is 2. The first-order valence-corrected chi connectivity index (χ1v) is 14.9. The first kappa shape index (κ1) is 28.3. The van der Waals surface area contributed by atoms with E-state index in [-0.39, 0.29) is 45.0 Å². The molecule has 40 heavy (non-hydrogen) atoms. The van der Waals surface area contributed by atoms with Crippen molar-refractivity contribution in [1.82, 2.24) is 14.8 Å². The number of hydrogen-bond acceptors (Lipinski definition) is 6. The smallest absolute Gasteiger partial charge is 0.263 e. The van der Waals surface area contributed by atoms with Crippen LogP contribution in [-0.4, -0.2) is 29.2 Å². The molecule has 0 bridgehead atoms. The van der Waals surface area contributed by atoms with E-state index >= 15 is 8.78 Å². The molecule has 0 spiro atoms. The molecule has 1 aliphatic carbocycles. The van der Waals surface area contributed by atoms with Crippen molar-refractivity contribution < 1.29 is 17.2 Å². The highest BCUT2D eigenvalue weighted by atomic mass is 35.5. The number of nitrogens with one attached hydrogen (secondary N) is 1. The van der Waals surface area contributed by atoms with Crippen LogP contribution < -0.4 is 16.2 Å². The molecule has 0 amide bonds. The highest BCUT2D eigenvalue weighted by Gasteiger charge is 2.29. The van der Waals surface area contributed by atoms with Gasteiger partial charge in [-0.1, -0.05) is 17.7 Å². The normalized spacial score (nSPS) is 18.0. The Labute approximate surface area is 236 Å². The number of rotatable bonds is 6. The van der Waals surface area contributed by atoms with Gasteiger partial charge in [0.1, 0.15) is 28.0 Å². The number of hydrogen-bond donors (Lipinski definition) is 3. The molecule has 1 fully saturated rings. The summed E-state index contributed by atoms with van der Waals surface area (Å²) in [5, 5.41) is 5.06. The largest absolute Gasteiger partial charge is 0.383 e. The van der Waals surface area contributed by atoms with Crippen LogP contribution in [0.5, 0.6) is 0 Å². The summed E-state index contributed by atoms with van der Waals surface area (Å²) >= 11 is 6.08. The van der Waals surface area contributed by atoms with Crippen molar-refractivity contribution in [3.63, 3.8) is 0 Å². The number of fused-ring (bicyclic) bond motifs is 1. The van der Waals surface area contributed by atoms with Crippen LogP contribution in [0.1, 0.15) is 62.6 Å². The molecule has 1 aliphatic rings. The van der Waals surface area contributed by atoms with Gasteiger partial charge in [-0.15, -0.1) is 0 Å². The van der Waals surface area contributed by atoms with Crippen LogP contribution >= 0.6 is 11.6 Å². The third-order valence-corrected chi connectivity index (χ3v) is 9.26. The summed E-state index contributed by atoms with van der Waals surface area (Å²) in [5.41, 5.74) is 14.2. The molecule has 12 heteroatoms. The number of nitrogens with zero attached hydrogens (tertiary/aromatic N) is 3. The molecule has 4 aromatic rings. The van der Waals surface area contributed by atoms with E-state index in [0.717, 1.165) is 48.9 Å². The SMILES string of the molecule is Cc1ccc(Cl)c(S(=O)(=O)Nc2cc(F)c(-c3nn(C(C)C)c4c(C5CCC(N)CC5)cnc(N)c34)cc2F)c1. The number of aryl methyl sites for hydroxylation is 1. The van der Waals surface area contributed by atoms with E-state index in [1.54, 1.807) is 23.9 Å². The molecule has 0 aliphatic heterocycles. The number of nitrogens with two attached hydrogens (primary N) is 2. The van der Waals surface area contributed by atoms with Gasteiger partial charge in [0.05, 0.1) is 21.6 Å². The predicted octanol–water partition coefficient (Wildman–Crippen LogP) is 6.29. The van der Waals surface area contributed by atoms with E-state index in [0.29, 0.717) is 10.9 Å². The van der Waals surface area contributed by atoms with Crippen molar-refractivity contribution in [2.24, 2.45) is 5.73 Å². The first-order valence-electron chi connectivity index (χ1n) is 13.1. The minimum atomic E-state index is -4.30. The lowest BCUT2D eigenvalue weighted by Crippen LogP contribution is -2.26. The molecule has 0 unspecified atom stereocenters. The van der Waals surface area contributed by atoms with Gasteiger partial charge in [-0.2, -0.15) is 5.10 Å². The highest BCUT2D eigenvalue weighted by molar-refractivity contribution is 7.92. The van der Waals surface area contributed by atoms with Crippen molar-refractivity contribution in [2.75, 3.05) is 10.5 Å². The number of pyridine rings is 1. The Kier molecular flexibility index (Phi) is 7.49. The molecule has 212 valence electrons. The topological polar surface area (TPSA) is 129 Å². The van der Waals surface area contributed by atoms with Crippen LogP contribution in [0.4, 0.5) is 20.3 Å². The highest BCUT2D eigenvalue weighted by Crippen LogP contribution is 2.42. The Bertz CT molecular complexity index is 1720. The average Bonchev–Trinajstić information content (AvgIpc) is 3.30. The lowest BCUT2D eigenvalue weighted by molar-refractivity contribution is 0.395. The molecule has 1 saturated carbocycles. The summed E-state index contributed by atoms with van der Waals surface area (Å²) in [6.45, 7) is 5.58. The average molecular weight is 589 g/mol. The van der Waals surface area contributed by atoms with Crippen molar-refractivity contribution in [2.45, 2.75) is 69.4 Å². The van der Waals surface area contributed by atoms with E-state index < -0.39 is 27.3 Å². The maximum Gasteiger partial charge on any atom is 0.263 e. The summed E-state index contributed by atoms with van der Waals surface area (Å²) in [5.74, 6) is -1.53. The maximum absolute atomic E-state index is 15.7. The Morgan fingerprint density at radius 3 is 2.48 bits per heavy atom. The second-order valence-corrected chi connectivity index (χ2v) is 12.7. The Morgan fingerprint density at radius 2 is 1.80 bits per heavy atom. The fourth-order valence-electron chi connectivity index (χ4n) is 5.33. The van der Waals surface area contributed by atoms with Gasteiger partial charge in [-0.05, 0) is 81.7 Å². The summed E-state index contributed by atoms with van der Waals surface area (Å²) in [4.78, 5) is 4.16.